The molecule has 1 fully saturated rings. The Morgan fingerprint density at radius 2 is 2.07 bits per heavy atom. The molecule has 6 heteroatoms. The van der Waals surface area contributed by atoms with Crippen LogP contribution < -0.4 is 5.32 Å². The SMILES string of the molecule is COC(=O)CNC1(C(=O)O)CCSCC1. The fourth-order valence-corrected chi connectivity index (χ4v) is 2.69. The van der Waals surface area contributed by atoms with Gasteiger partial charge in [0.2, 0.25) is 0 Å². The smallest absolute Gasteiger partial charge is 0.323 e. The summed E-state index contributed by atoms with van der Waals surface area (Å²) < 4.78 is 4.47. The van der Waals surface area contributed by atoms with Crippen molar-refractivity contribution in [1.82, 2.24) is 5.32 Å². The summed E-state index contributed by atoms with van der Waals surface area (Å²) in [5, 5.41) is 11.9. The maximum absolute atomic E-state index is 11.2. The van der Waals surface area contributed by atoms with Gasteiger partial charge in [-0.25, -0.2) is 0 Å². The standard InChI is InChI=1S/C9H15NO4S/c1-14-7(11)6-10-9(8(12)13)2-4-15-5-3-9/h10H,2-6H2,1H3,(H,12,13). The molecule has 0 atom stereocenters. The Morgan fingerprint density at radius 3 is 2.53 bits per heavy atom. The first-order chi connectivity index (χ1) is 7.10. The van der Waals surface area contributed by atoms with E-state index < -0.39 is 17.5 Å². The second-order valence-electron chi connectivity index (χ2n) is 3.43. The third-order valence-corrected chi connectivity index (χ3v) is 3.54. The van der Waals surface area contributed by atoms with Gasteiger partial charge in [0.15, 0.2) is 0 Å². The molecule has 0 aromatic carbocycles. The number of nitrogens with one attached hydrogen (secondary N) is 1. The predicted molar refractivity (Wildman–Crippen MR) is 56.9 cm³/mol. The van der Waals surface area contributed by atoms with Gasteiger partial charge < -0.3 is 9.84 Å². The van der Waals surface area contributed by atoms with E-state index in [2.05, 4.69) is 10.1 Å². The molecule has 1 aliphatic rings. The van der Waals surface area contributed by atoms with Crippen molar-refractivity contribution in [3.8, 4) is 0 Å². The van der Waals surface area contributed by atoms with Crippen molar-refractivity contribution in [2.45, 2.75) is 18.4 Å². The first-order valence-electron chi connectivity index (χ1n) is 4.74. The molecule has 86 valence electrons. The van der Waals surface area contributed by atoms with E-state index in [9.17, 15) is 9.59 Å². The summed E-state index contributed by atoms with van der Waals surface area (Å²) >= 11 is 1.74. The highest BCUT2D eigenvalue weighted by molar-refractivity contribution is 7.99. The molecule has 0 spiro atoms. The van der Waals surface area contributed by atoms with Crippen LogP contribution in [-0.2, 0) is 14.3 Å². The van der Waals surface area contributed by atoms with Crippen LogP contribution in [0.4, 0.5) is 0 Å². The van der Waals surface area contributed by atoms with E-state index in [-0.39, 0.29) is 6.54 Å². The molecule has 5 nitrogen and oxygen atoms in total. The molecule has 0 bridgehead atoms. The minimum Gasteiger partial charge on any atom is -0.480 e. The van der Waals surface area contributed by atoms with Crippen LogP contribution in [0.2, 0.25) is 0 Å². The molecule has 1 aliphatic heterocycles. The number of carboxylic acids is 1. The van der Waals surface area contributed by atoms with Gasteiger partial charge in [-0.3, -0.25) is 14.9 Å². The third kappa shape index (κ3) is 3.10. The van der Waals surface area contributed by atoms with Crippen LogP contribution in [0.1, 0.15) is 12.8 Å². The van der Waals surface area contributed by atoms with Gasteiger partial charge in [0.1, 0.15) is 5.54 Å². The highest BCUT2D eigenvalue weighted by Gasteiger charge is 2.39. The van der Waals surface area contributed by atoms with E-state index >= 15 is 0 Å². The first-order valence-corrected chi connectivity index (χ1v) is 5.89. The van der Waals surface area contributed by atoms with Crippen molar-refractivity contribution in [3.05, 3.63) is 0 Å². The Hall–Kier alpha value is -0.750. The minimum atomic E-state index is -0.945. The predicted octanol–water partition coefficient (Wildman–Crippen LogP) is 0.0994. The second-order valence-corrected chi connectivity index (χ2v) is 4.65. The number of rotatable bonds is 4. The summed E-state index contributed by atoms with van der Waals surface area (Å²) in [6.07, 6.45) is 1.09. The average Bonchev–Trinajstić information content (AvgIpc) is 2.27. The van der Waals surface area contributed by atoms with Crippen molar-refractivity contribution in [1.29, 1.82) is 0 Å². The maximum atomic E-state index is 11.2. The lowest BCUT2D eigenvalue weighted by atomic mass is 9.92. The van der Waals surface area contributed by atoms with Crippen LogP contribution in [0.5, 0.6) is 0 Å². The van der Waals surface area contributed by atoms with E-state index in [1.165, 1.54) is 7.11 Å². The van der Waals surface area contributed by atoms with Gasteiger partial charge in [-0.1, -0.05) is 0 Å². The summed E-state index contributed by atoms with van der Waals surface area (Å²) in [6, 6.07) is 0. The van der Waals surface area contributed by atoms with Crippen molar-refractivity contribution in [2.24, 2.45) is 0 Å². The van der Waals surface area contributed by atoms with Crippen LogP contribution >= 0.6 is 11.8 Å². The Bertz CT molecular complexity index is 250. The monoisotopic (exact) mass is 233 g/mol. The molecule has 0 radical (unpaired) electrons. The number of carbonyl (C=O) groups excluding carboxylic acids is 1. The van der Waals surface area contributed by atoms with E-state index in [0.717, 1.165) is 11.5 Å². The minimum absolute atomic E-state index is 0.0481. The van der Waals surface area contributed by atoms with Crippen molar-refractivity contribution < 1.29 is 19.4 Å². The molecule has 0 saturated carbocycles. The molecule has 0 aliphatic carbocycles. The van der Waals surface area contributed by atoms with Crippen LogP contribution in [-0.4, -0.2) is 47.7 Å². The largest absolute Gasteiger partial charge is 0.480 e. The molecular formula is C9H15NO4S. The molecule has 0 unspecified atom stereocenters. The van der Waals surface area contributed by atoms with Crippen LogP contribution in [0, 0.1) is 0 Å². The highest BCUT2D eigenvalue weighted by atomic mass is 32.2. The zero-order valence-electron chi connectivity index (χ0n) is 8.62. The van der Waals surface area contributed by atoms with Gasteiger partial charge in [-0.05, 0) is 24.3 Å². The lowest BCUT2D eigenvalue weighted by Crippen LogP contribution is -2.55. The fraction of sp³-hybridized carbons (Fsp3) is 0.778. The zero-order valence-corrected chi connectivity index (χ0v) is 9.43. The van der Waals surface area contributed by atoms with Gasteiger partial charge in [0, 0.05) is 0 Å². The zero-order chi connectivity index (χ0) is 11.3. The van der Waals surface area contributed by atoms with Gasteiger partial charge >= 0.3 is 11.9 Å². The second kappa shape index (κ2) is 5.37. The van der Waals surface area contributed by atoms with Gasteiger partial charge in [-0.2, -0.15) is 11.8 Å². The van der Waals surface area contributed by atoms with Crippen LogP contribution in [0.15, 0.2) is 0 Å². The van der Waals surface area contributed by atoms with Gasteiger partial charge in [0.25, 0.3) is 0 Å². The van der Waals surface area contributed by atoms with Gasteiger partial charge in [-0.15, -0.1) is 0 Å². The summed E-state index contributed by atoms with van der Waals surface area (Å²) in [6.45, 7) is -0.0481. The number of carbonyl (C=O) groups is 2. The van der Waals surface area contributed by atoms with E-state index in [0.29, 0.717) is 12.8 Å². The number of hydrogen-bond donors (Lipinski definition) is 2. The average molecular weight is 233 g/mol. The number of aliphatic carboxylic acids is 1. The summed E-state index contributed by atoms with van der Waals surface area (Å²) in [4.78, 5) is 22.1. The molecule has 1 rings (SSSR count). The van der Waals surface area contributed by atoms with E-state index in [1.54, 1.807) is 11.8 Å². The summed E-state index contributed by atoms with van der Waals surface area (Å²) in [7, 11) is 1.29. The molecule has 15 heavy (non-hydrogen) atoms. The molecular weight excluding hydrogens is 218 g/mol. The van der Waals surface area contributed by atoms with Crippen LogP contribution in [0.25, 0.3) is 0 Å². The molecule has 1 heterocycles. The Morgan fingerprint density at radius 1 is 1.47 bits per heavy atom. The van der Waals surface area contributed by atoms with Crippen LogP contribution in [0.3, 0.4) is 0 Å². The van der Waals surface area contributed by atoms with Crippen molar-refractivity contribution in [3.63, 3.8) is 0 Å². The highest BCUT2D eigenvalue weighted by Crippen LogP contribution is 2.27. The lowest BCUT2D eigenvalue weighted by Gasteiger charge is -2.33. The number of thioether (sulfide) groups is 1. The number of methoxy groups -OCH3 is 1. The maximum Gasteiger partial charge on any atom is 0.323 e. The number of ether oxygens (including phenoxy) is 1. The molecule has 0 aromatic rings. The molecule has 2 N–H and O–H groups in total. The number of hydrogen-bond acceptors (Lipinski definition) is 5. The van der Waals surface area contributed by atoms with Gasteiger partial charge in [0.05, 0.1) is 13.7 Å². The molecule has 1 saturated heterocycles. The first kappa shape index (κ1) is 12.3. The van der Waals surface area contributed by atoms with Crippen molar-refractivity contribution in [2.75, 3.05) is 25.2 Å². The number of esters is 1. The third-order valence-electron chi connectivity index (χ3n) is 2.55. The molecule has 0 amide bonds. The lowest BCUT2D eigenvalue weighted by molar-refractivity contribution is -0.146. The normalized spacial score (nSPS) is 19.5. The Labute approximate surface area is 92.6 Å². The number of carboxylic acid groups (broad SMARTS) is 1. The van der Waals surface area contributed by atoms with Crippen molar-refractivity contribution >= 4 is 23.7 Å². The van der Waals surface area contributed by atoms with E-state index in [4.69, 9.17) is 5.11 Å². The van der Waals surface area contributed by atoms with E-state index in [1.807, 2.05) is 0 Å². The fourth-order valence-electron chi connectivity index (χ4n) is 1.50. The quantitative estimate of drug-likeness (QED) is 0.671. The Balaban J connectivity index is 2.57. The summed E-state index contributed by atoms with van der Waals surface area (Å²) in [5.41, 5.74) is -0.945. The molecule has 0 aromatic heterocycles. The topological polar surface area (TPSA) is 75.6 Å². The Kier molecular flexibility index (Phi) is 4.41. The summed E-state index contributed by atoms with van der Waals surface area (Å²) in [5.74, 6) is 0.293.